The van der Waals surface area contributed by atoms with Gasteiger partial charge in [0.1, 0.15) is 0 Å². The number of nitrogens with one attached hydrogen (secondary N) is 1. The summed E-state index contributed by atoms with van der Waals surface area (Å²) < 4.78 is 4.88. The summed E-state index contributed by atoms with van der Waals surface area (Å²) in [6, 6.07) is 0.0198. The zero-order valence-electron chi connectivity index (χ0n) is 14.1. The molecule has 0 aromatic rings. The van der Waals surface area contributed by atoms with Gasteiger partial charge in [0.15, 0.2) is 0 Å². The first-order valence-corrected chi connectivity index (χ1v) is 7.89. The minimum atomic E-state index is -0.410. The van der Waals surface area contributed by atoms with Crippen molar-refractivity contribution < 1.29 is 14.3 Å². The molecule has 0 radical (unpaired) electrons. The highest BCUT2D eigenvalue weighted by Crippen LogP contribution is 2.21. The number of carbonyl (C=O) groups is 2. The van der Waals surface area contributed by atoms with Crippen LogP contribution in [-0.4, -0.2) is 49.6 Å². The highest BCUT2D eigenvalue weighted by Gasteiger charge is 2.34. The average molecular weight is 298 g/mol. The smallest absolute Gasteiger partial charge is 0.310 e. The van der Waals surface area contributed by atoms with Gasteiger partial charge in [-0.05, 0) is 19.4 Å². The molecule has 0 aliphatic carbocycles. The van der Waals surface area contributed by atoms with Crippen molar-refractivity contribution in [2.75, 3.05) is 26.7 Å². The maximum atomic E-state index is 12.2. The highest BCUT2D eigenvalue weighted by atomic mass is 16.5. The van der Waals surface area contributed by atoms with Crippen molar-refractivity contribution in [3.05, 3.63) is 0 Å². The first kappa shape index (κ1) is 18.0. The molecule has 0 bridgehead atoms. The largest absolute Gasteiger partial charge is 0.469 e. The topological polar surface area (TPSA) is 58.6 Å². The Hall–Kier alpha value is -1.10. The predicted octanol–water partition coefficient (Wildman–Crippen LogP) is 1.81. The summed E-state index contributed by atoms with van der Waals surface area (Å²) in [5, 5.41) is 3.09. The summed E-state index contributed by atoms with van der Waals surface area (Å²) in [6.45, 7) is 10.4. The average Bonchev–Trinajstić information content (AvgIpc) is 2.42. The fourth-order valence-corrected chi connectivity index (χ4v) is 2.60. The molecule has 1 fully saturated rings. The van der Waals surface area contributed by atoms with Gasteiger partial charge in [0, 0.05) is 24.5 Å². The lowest BCUT2D eigenvalue weighted by atomic mass is 9.91. The van der Waals surface area contributed by atoms with Crippen LogP contribution in [0.25, 0.3) is 0 Å². The zero-order valence-corrected chi connectivity index (χ0v) is 14.1. The van der Waals surface area contributed by atoms with E-state index in [0.29, 0.717) is 6.42 Å². The molecule has 0 aromatic carbocycles. The molecule has 2 unspecified atom stereocenters. The minimum Gasteiger partial charge on any atom is -0.469 e. The van der Waals surface area contributed by atoms with E-state index in [1.807, 2.05) is 20.8 Å². The lowest BCUT2D eigenvalue weighted by Gasteiger charge is -2.37. The van der Waals surface area contributed by atoms with Crippen LogP contribution in [0, 0.1) is 11.3 Å². The van der Waals surface area contributed by atoms with Crippen LogP contribution in [0.4, 0.5) is 0 Å². The van der Waals surface area contributed by atoms with Crippen LogP contribution in [0.3, 0.4) is 0 Å². The SMILES string of the molecule is CCCCN1CC(NC(=O)C(C)(C)C)CC(C(=O)OC)C1. The number of methoxy groups -OCH3 is 1. The Morgan fingerprint density at radius 3 is 2.48 bits per heavy atom. The lowest BCUT2D eigenvalue weighted by Crippen LogP contribution is -2.54. The maximum Gasteiger partial charge on any atom is 0.310 e. The van der Waals surface area contributed by atoms with E-state index >= 15 is 0 Å². The standard InChI is InChI=1S/C16H30N2O3/c1-6-7-8-18-10-12(14(19)21-5)9-13(11-18)17-15(20)16(2,3)4/h12-13H,6-11H2,1-5H3,(H,17,20). The molecule has 1 amide bonds. The molecule has 5 nitrogen and oxygen atoms in total. The van der Waals surface area contributed by atoms with E-state index in [1.54, 1.807) is 0 Å². The Morgan fingerprint density at radius 2 is 1.95 bits per heavy atom. The molecule has 1 saturated heterocycles. The Balaban J connectivity index is 2.69. The van der Waals surface area contributed by atoms with E-state index < -0.39 is 5.41 Å². The number of rotatable bonds is 5. The number of carbonyl (C=O) groups excluding carboxylic acids is 2. The second-order valence-electron chi connectivity index (χ2n) is 6.99. The second kappa shape index (κ2) is 7.78. The van der Waals surface area contributed by atoms with E-state index in [0.717, 1.165) is 32.5 Å². The van der Waals surface area contributed by atoms with Crippen LogP contribution in [0.2, 0.25) is 0 Å². The maximum absolute atomic E-state index is 12.2. The monoisotopic (exact) mass is 298 g/mol. The van der Waals surface area contributed by atoms with E-state index in [9.17, 15) is 9.59 Å². The zero-order chi connectivity index (χ0) is 16.0. The summed E-state index contributed by atoms with van der Waals surface area (Å²) in [4.78, 5) is 26.3. The number of hydrogen-bond acceptors (Lipinski definition) is 4. The van der Waals surface area contributed by atoms with Gasteiger partial charge in [-0.1, -0.05) is 34.1 Å². The van der Waals surface area contributed by atoms with Crippen molar-refractivity contribution in [1.29, 1.82) is 0 Å². The van der Waals surface area contributed by atoms with Crippen LogP contribution < -0.4 is 5.32 Å². The third kappa shape index (κ3) is 5.65. The molecular formula is C16H30N2O3. The Labute approximate surface area is 128 Å². The molecule has 5 heteroatoms. The van der Waals surface area contributed by atoms with Crippen LogP contribution in [0.5, 0.6) is 0 Å². The number of unbranched alkanes of at least 4 members (excludes halogenated alkanes) is 1. The fraction of sp³-hybridized carbons (Fsp3) is 0.875. The first-order chi connectivity index (χ1) is 9.77. The molecule has 2 atom stereocenters. The van der Waals surface area contributed by atoms with Crippen molar-refractivity contribution in [1.82, 2.24) is 10.2 Å². The molecule has 1 aliphatic rings. The molecule has 1 aliphatic heterocycles. The Morgan fingerprint density at radius 1 is 1.29 bits per heavy atom. The summed E-state index contributed by atoms with van der Waals surface area (Å²) in [5.74, 6) is -0.287. The molecule has 122 valence electrons. The lowest BCUT2D eigenvalue weighted by molar-refractivity contribution is -0.148. The summed E-state index contributed by atoms with van der Waals surface area (Å²) in [7, 11) is 1.43. The van der Waals surface area contributed by atoms with Gasteiger partial charge < -0.3 is 15.0 Å². The molecule has 21 heavy (non-hydrogen) atoms. The normalized spacial score (nSPS) is 23.7. The number of ether oxygens (including phenoxy) is 1. The Bertz CT molecular complexity index is 363. The minimum absolute atomic E-state index is 0.0198. The van der Waals surface area contributed by atoms with Gasteiger partial charge in [0.25, 0.3) is 0 Å². The molecule has 1 N–H and O–H groups in total. The van der Waals surface area contributed by atoms with Gasteiger partial charge in [-0.15, -0.1) is 0 Å². The van der Waals surface area contributed by atoms with Gasteiger partial charge >= 0.3 is 5.97 Å². The molecule has 0 spiro atoms. The number of likely N-dealkylation sites (tertiary alicyclic amines) is 1. The quantitative estimate of drug-likeness (QED) is 0.787. The Kier molecular flexibility index (Phi) is 6.65. The highest BCUT2D eigenvalue weighted by molar-refractivity contribution is 5.81. The second-order valence-corrected chi connectivity index (χ2v) is 6.99. The van der Waals surface area contributed by atoms with Crippen LogP contribution in [0.1, 0.15) is 47.0 Å². The molecule has 0 aromatic heterocycles. The van der Waals surface area contributed by atoms with Crippen molar-refractivity contribution >= 4 is 11.9 Å². The van der Waals surface area contributed by atoms with E-state index in [1.165, 1.54) is 7.11 Å². The summed E-state index contributed by atoms with van der Waals surface area (Å²) in [6.07, 6.45) is 2.89. The molecule has 1 rings (SSSR count). The first-order valence-electron chi connectivity index (χ1n) is 7.89. The van der Waals surface area contributed by atoms with E-state index in [2.05, 4.69) is 17.1 Å². The van der Waals surface area contributed by atoms with E-state index in [4.69, 9.17) is 4.74 Å². The van der Waals surface area contributed by atoms with Crippen LogP contribution in [-0.2, 0) is 14.3 Å². The van der Waals surface area contributed by atoms with Crippen molar-refractivity contribution in [2.45, 2.75) is 53.0 Å². The van der Waals surface area contributed by atoms with Gasteiger partial charge in [0.05, 0.1) is 13.0 Å². The molecule has 1 heterocycles. The van der Waals surface area contributed by atoms with Gasteiger partial charge in [-0.2, -0.15) is 0 Å². The van der Waals surface area contributed by atoms with Crippen LogP contribution >= 0.6 is 0 Å². The van der Waals surface area contributed by atoms with Gasteiger partial charge in [0.2, 0.25) is 5.91 Å². The fourth-order valence-electron chi connectivity index (χ4n) is 2.60. The van der Waals surface area contributed by atoms with E-state index in [-0.39, 0.29) is 23.8 Å². The van der Waals surface area contributed by atoms with Crippen molar-refractivity contribution in [3.63, 3.8) is 0 Å². The van der Waals surface area contributed by atoms with Crippen LogP contribution in [0.15, 0.2) is 0 Å². The molecular weight excluding hydrogens is 268 g/mol. The number of nitrogens with zero attached hydrogens (tertiary/aromatic N) is 1. The number of amides is 1. The summed E-state index contributed by atoms with van der Waals surface area (Å²) >= 11 is 0. The predicted molar refractivity (Wildman–Crippen MR) is 82.9 cm³/mol. The number of esters is 1. The molecule has 0 saturated carbocycles. The number of hydrogen-bond donors (Lipinski definition) is 1. The van der Waals surface area contributed by atoms with Crippen molar-refractivity contribution in [3.8, 4) is 0 Å². The summed E-state index contributed by atoms with van der Waals surface area (Å²) in [5.41, 5.74) is -0.410. The van der Waals surface area contributed by atoms with Crippen molar-refractivity contribution in [2.24, 2.45) is 11.3 Å². The van der Waals surface area contributed by atoms with Gasteiger partial charge in [-0.3, -0.25) is 9.59 Å². The third-order valence-electron chi connectivity index (χ3n) is 3.91. The third-order valence-corrected chi connectivity index (χ3v) is 3.91. The number of piperidine rings is 1. The van der Waals surface area contributed by atoms with Gasteiger partial charge in [-0.25, -0.2) is 0 Å².